The van der Waals surface area contributed by atoms with Crippen LogP contribution in [0.5, 0.6) is 0 Å². The number of nitrogens with one attached hydrogen (secondary N) is 1. The minimum Gasteiger partial charge on any atom is -0.350 e. The van der Waals surface area contributed by atoms with Crippen LogP contribution in [-0.4, -0.2) is 34.0 Å². The molecule has 1 unspecified atom stereocenters. The van der Waals surface area contributed by atoms with E-state index in [1.54, 1.807) is 30.0 Å². The summed E-state index contributed by atoms with van der Waals surface area (Å²) >= 11 is 13.7. The Morgan fingerprint density at radius 2 is 1.76 bits per heavy atom. The highest BCUT2D eigenvalue weighted by Crippen LogP contribution is 2.24. The maximum atomic E-state index is 13.1. The summed E-state index contributed by atoms with van der Waals surface area (Å²) in [6.45, 7) is 7.68. The molecule has 1 atom stereocenters. The van der Waals surface area contributed by atoms with Crippen molar-refractivity contribution < 1.29 is 9.59 Å². The molecule has 2 rings (SSSR count). The average Bonchev–Trinajstić information content (AvgIpc) is 2.64. The first kappa shape index (κ1) is 23.6. The molecule has 0 aliphatic carbocycles. The molecule has 0 spiro atoms. The molecule has 7 heteroatoms. The summed E-state index contributed by atoms with van der Waals surface area (Å²) in [6, 6.07) is 14.2. The van der Waals surface area contributed by atoms with Crippen molar-refractivity contribution in [3.8, 4) is 0 Å². The number of hydrogen-bond donors (Lipinski definition) is 1. The number of benzene rings is 2. The van der Waals surface area contributed by atoms with E-state index in [2.05, 4.69) is 5.32 Å². The fourth-order valence-electron chi connectivity index (χ4n) is 2.63. The molecule has 0 aliphatic rings. The van der Waals surface area contributed by atoms with Crippen LogP contribution in [0.15, 0.2) is 53.4 Å². The highest BCUT2D eigenvalue weighted by Gasteiger charge is 2.28. The van der Waals surface area contributed by atoms with Gasteiger partial charge >= 0.3 is 0 Å². The number of carbonyl (C=O) groups is 2. The zero-order valence-corrected chi connectivity index (χ0v) is 19.4. The SMILES string of the molecule is CC(C(=O)NC(C)(C)C)N(Cc1ccc(Cl)cc1Cl)C(=O)CSc1ccccc1. The summed E-state index contributed by atoms with van der Waals surface area (Å²) in [4.78, 5) is 28.4. The van der Waals surface area contributed by atoms with Crippen molar-refractivity contribution in [2.24, 2.45) is 0 Å². The Labute approximate surface area is 187 Å². The Morgan fingerprint density at radius 1 is 1.10 bits per heavy atom. The van der Waals surface area contributed by atoms with E-state index >= 15 is 0 Å². The molecular weight excluding hydrogens is 427 g/mol. The summed E-state index contributed by atoms with van der Waals surface area (Å²) in [5, 5.41) is 3.93. The van der Waals surface area contributed by atoms with Gasteiger partial charge in [-0.3, -0.25) is 9.59 Å². The fraction of sp³-hybridized carbons (Fsp3) is 0.364. The van der Waals surface area contributed by atoms with Gasteiger partial charge in [-0.1, -0.05) is 47.5 Å². The third kappa shape index (κ3) is 7.57. The normalized spacial score (nSPS) is 12.3. The van der Waals surface area contributed by atoms with Crippen LogP contribution in [-0.2, 0) is 16.1 Å². The van der Waals surface area contributed by atoms with Crippen LogP contribution in [0.3, 0.4) is 0 Å². The van der Waals surface area contributed by atoms with Crippen molar-refractivity contribution in [2.75, 3.05) is 5.75 Å². The number of amides is 2. The number of hydrogen-bond acceptors (Lipinski definition) is 3. The molecule has 4 nitrogen and oxygen atoms in total. The molecule has 0 saturated carbocycles. The number of nitrogens with zero attached hydrogens (tertiary/aromatic N) is 1. The standard InChI is InChI=1S/C22H26Cl2N2O2S/c1-15(21(28)25-22(2,3)4)26(13-16-10-11-17(23)12-19(16)24)20(27)14-29-18-8-6-5-7-9-18/h5-12,15H,13-14H2,1-4H3,(H,25,28). The van der Waals surface area contributed by atoms with Crippen LogP contribution < -0.4 is 5.32 Å². The molecule has 2 amide bonds. The average molecular weight is 453 g/mol. The first-order valence-corrected chi connectivity index (χ1v) is 11.0. The first-order valence-electron chi connectivity index (χ1n) is 9.30. The molecule has 2 aromatic carbocycles. The van der Waals surface area contributed by atoms with Crippen molar-refractivity contribution in [1.29, 1.82) is 0 Å². The molecule has 1 N–H and O–H groups in total. The van der Waals surface area contributed by atoms with Crippen LogP contribution >= 0.6 is 35.0 Å². The monoisotopic (exact) mass is 452 g/mol. The highest BCUT2D eigenvalue weighted by molar-refractivity contribution is 8.00. The molecule has 0 aromatic heterocycles. The van der Waals surface area contributed by atoms with E-state index in [-0.39, 0.29) is 24.1 Å². The van der Waals surface area contributed by atoms with Gasteiger partial charge in [0.25, 0.3) is 0 Å². The lowest BCUT2D eigenvalue weighted by Gasteiger charge is -2.31. The Bertz CT molecular complexity index is 854. The third-order valence-corrected chi connectivity index (χ3v) is 5.71. The second-order valence-electron chi connectivity index (χ2n) is 7.77. The van der Waals surface area contributed by atoms with E-state index in [4.69, 9.17) is 23.2 Å². The Balaban J connectivity index is 2.21. The first-order chi connectivity index (χ1) is 13.6. The van der Waals surface area contributed by atoms with E-state index in [0.717, 1.165) is 10.5 Å². The molecular formula is C22H26Cl2N2O2S. The minimum absolute atomic E-state index is 0.138. The molecule has 0 heterocycles. The topological polar surface area (TPSA) is 49.4 Å². The molecule has 156 valence electrons. The van der Waals surface area contributed by atoms with Crippen molar-refractivity contribution in [3.63, 3.8) is 0 Å². The Morgan fingerprint density at radius 3 is 2.34 bits per heavy atom. The van der Waals surface area contributed by atoms with Crippen LogP contribution in [0.1, 0.15) is 33.3 Å². The van der Waals surface area contributed by atoms with Crippen LogP contribution in [0.4, 0.5) is 0 Å². The van der Waals surface area contributed by atoms with Gasteiger partial charge in [0.15, 0.2) is 0 Å². The smallest absolute Gasteiger partial charge is 0.242 e. The largest absolute Gasteiger partial charge is 0.350 e. The van der Waals surface area contributed by atoms with Crippen LogP contribution in [0.25, 0.3) is 0 Å². The quantitative estimate of drug-likeness (QED) is 0.570. The lowest BCUT2D eigenvalue weighted by molar-refractivity contribution is -0.139. The lowest BCUT2D eigenvalue weighted by Crippen LogP contribution is -2.52. The van der Waals surface area contributed by atoms with Crippen LogP contribution in [0.2, 0.25) is 10.0 Å². The van der Waals surface area contributed by atoms with Gasteiger partial charge < -0.3 is 10.2 Å². The summed E-state index contributed by atoms with van der Waals surface area (Å²) in [7, 11) is 0. The predicted molar refractivity (Wildman–Crippen MR) is 122 cm³/mol. The highest BCUT2D eigenvalue weighted by atomic mass is 35.5. The van der Waals surface area contributed by atoms with E-state index in [1.807, 2.05) is 51.1 Å². The van der Waals surface area contributed by atoms with E-state index in [1.165, 1.54) is 11.8 Å². The summed E-state index contributed by atoms with van der Waals surface area (Å²) in [5.74, 6) is -0.121. The third-order valence-electron chi connectivity index (χ3n) is 4.13. The number of thioether (sulfide) groups is 1. The van der Waals surface area contributed by atoms with Gasteiger partial charge in [-0.05, 0) is 57.5 Å². The van der Waals surface area contributed by atoms with Gasteiger partial charge in [-0.15, -0.1) is 11.8 Å². The molecule has 2 aromatic rings. The van der Waals surface area contributed by atoms with Crippen molar-refractivity contribution in [1.82, 2.24) is 10.2 Å². The van der Waals surface area contributed by atoms with Gasteiger partial charge in [0, 0.05) is 27.0 Å². The maximum absolute atomic E-state index is 13.1. The summed E-state index contributed by atoms with van der Waals surface area (Å²) in [6.07, 6.45) is 0. The molecule has 0 aliphatic heterocycles. The Kier molecular flexibility index (Phi) is 8.44. The van der Waals surface area contributed by atoms with Crippen molar-refractivity contribution >= 4 is 46.8 Å². The number of halogens is 2. The summed E-state index contributed by atoms with van der Waals surface area (Å²) < 4.78 is 0. The molecule has 0 radical (unpaired) electrons. The second kappa shape index (κ2) is 10.4. The van der Waals surface area contributed by atoms with Crippen LogP contribution in [0, 0.1) is 0 Å². The molecule has 0 fully saturated rings. The number of rotatable bonds is 7. The lowest BCUT2D eigenvalue weighted by atomic mass is 10.1. The zero-order valence-electron chi connectivity index (χ0n) is 17.0. The van der Waals surface area contributed by atoms with Gasteiger partial charge in [0.05, 0.1) is 5.75 Å². The maximum Gasteiger partial charge on any atom is 0.242 e. The number of carbonyl (C=O) groups excluding carboxylic acids is 2. The van der Waals surface area contributed by atoms with Gasteiger partial charge in [-0.25, -0.2) is 0 Å². The minimum atomic E-state index is -0.648. The fourth-order valence-corrected chi connectivity index (χ4v) is 3.91. The zero-order chi connectivity index (χ0) is 21.6. The second-order valence-corrected chi connectivity index (χ2v) is 9.67. The van der Waals surface area contributed by atoms with E-state index in [0.29, 0.717) is 10.0 Å². The van der Waals surface area contributed by atoms with Crippen molar-refractivity contribution in [3.05, 3.63) is 64.1 Å². The molecule has 29 heavy (non-hydrogen) atoms. The molecule has 0 bridgehead atoms. The molecule has 0 saturated heterocycles. The Hall–Kier alpha value is -1.69. The van der Waals surface area contributed by atoms with E-state index in [9.17, 15) is 9.59 Å². The van der Waals surface area contributed by atoms with E-state index < -0.39 is 11.6 Å². The van der Waals surface area contributed by atoms with Crippen molar-refractivity contribution in [2.45, 2.75) is 50.7 Å². The summed E-state index contributed by atoms with van der Waals surface area (Å²) in [5.41, 5.74) is 0.348. The predicted octanol–water partition coefficient (Wildman–Crippen LogP) is 5.42. The van der Waals surface area contributed by atoms with Gasteiger partial charge in [-0.2, -0.15) is 0 Å². The van der Waals surface area contributed by atoms with Gasteiger partial charge in [0.1, 0.15) is 6.04 Å². The van der Waals surface area contributed by atoms with Gasteiger partial charge in [0.2, 0.25) is 11.8 Å².